The molecule has 0 saturated carbocycles. The molecule has 0 aliphatic carbocycles. The van der Waals surface area contributed by atoms with Gasteiger partial charge in [-0.25, -0.2) is 0 Å². The maximum atomic E-state index is 11.7. The molecule has 7 nitrogen and oxygen atoms in total. The van der Waals surface area contributed by atoms with Gasteiger partial charge in [-0.3, -0.25) is 20.4 Å². The van der Waals surface area contributed by atoms with Crippen LogP contribution in [0.2, 0.25) is 0 Å². The van der Waals surface area contributed by atoms with Gasteiger partial charge in [-0.2, -0.15) is 0 Å². The Bertz CT molecular complexity index is 782. The van der Waals surface area contributed by atoms with Gasteiger partial charge in [-0.15, -0.1) is 0 Å². The zero-order valence-corrected chi connectivity index (χ0v) is 16.0. The zero-order chi connectivity index (χ0) is 18.9. The summed E-state index contributed by atoms with van der Waals surface area (Å²) in [5, 5.41) is 0. The number of methoxy groups -OCH3 is 1. The number of carbonyl (C=O) groups excluding carboxylic acids is 2. The minimum Gasteiger partial charge on any atom is -0.493 e. The average molecular weight is 423 g/mol. The summed E-state index contributed by atoms with van der Waals surface area (Å²) in [6, 6.07) is 12.5. The van der Waals surface area contributed by atoms with E-state index in [1.165, 1.54) is 7.11 Å². The number of amides is 2. The number of nitrogens with one attached hydrogen (secondary N) is 2. The van der Waals surface area contributed by atoms with Gasteiger partial charge in [-0.1, -0.05) is 18.2 Å². The summed E-state index contributed by atoms with van der Waals surface area (Å²) in [5.74, 6) is 0.478. The first kappa shape index (κ1) is 19.6. The number of rotatable bonds is 7. The van der Waals surface area contributed by atoms with Crippen LogP contribution in [0.15, 0.2) is 46.9 Å². The van der Waals surface area contributed by atoms with Crippen LogP contribution in [0.1, 0.15) is 5.56 Å². The molecule has 0 atom stereocenters. The third-order valence-corrected chi connectivity index (χ3v) is 3.84. The summed E-state index contributed by atoms with van der Waals surface area (Å²) in [6.07, 6.45) is 0. The Kier molecular flexibility index (Phi) is 7.28. The van der Waals surface area contributed by atoms with E-state index in [1.807, 2.05) is 19.1 Å². The second-order valence-corrected chi connectivity index (χ2v) is 6.11. The number of hydrogen-bond acceptors (Lipinski definition) is 5. The Hall–Kier alpha value is -2.74. The van der Waals surface area contributed by atoms with Crippen LogP contribution >= 0.6 is 15.9 Å². The molecule has 0 heterocycles. The number of halogens is 1. The first-order valence-electron chi connectivity index (χ1n) is 7.72. The zero-order valence-electron chi connectivity index (χ0n) is 14.4. The van der Waals surface area contributed by atoms with E-state index in [1.54, 1.807) is 30.3 Å². The molecule has 8 heteroatoms. The number of benzene rings is 2. The number of ether oxygens (including phenoxy) is 3. The molecule has 2 N–H and O–H groups in total. The van der Waals surface area contributed by atoms with Crippen LogP contribution in [0.4, 0.5) is 0 Å². The monoisotopic (exact) mass is 422 g/mol. The molecule has 0 spiro atoms. The van der Waals surface area contributed by atoms with Crippen molar-refractivity contribution in [2.45, 2.75) is 6.92 Å². The van der Waals surface area contributed by atoms with Gasteiger partial charge in [-0.05, 0) is 52.7 Å². The van der Waals surface area contributed by atoms with Crippen LogP contribution < -0.4 is 25.1 Å². The van der Waals surface area contributed by atoms with E-state index in [-0.39, 0.29) is 13.2 Å². The van der Waals surface area contributed by atoms with Crippen molar-refractivity contribution in [3.63, 3.8) is 0 Å². The molecule has 0 aliphatic rings. The average Bonchev–Trinajstić information content (AvgIpc) is 2.64. The molecule has 26 heavy (non-hydrogen) atoms. The van der Waals surface area contributed by atoms with Gasteiger partial charge in [0.1, 0.15) is 5.75 Å². The van der Waals surface area contributed by atoms with Crippen molar-refractivity contribution in [2.75, 3.05) is 20.3 Å². The van der Waals surface area contributed by atoms with Gasteiger partial charge in [0.2, 0.25) is 0 Å². The van der Waals surface area contributed by atoms with E-state index in [2.05, 4.69) is 26.8 Å². The molecule has 2 rings (SSSR count). The summed E-state index contributed by atoms with van der Waals surface area (Å²) >= 11 is 3.36. The van der Waals surface area contributed by atoms with Crippen molar-refractivity contribution in [3.8, 4) is 17.2 Å². The second kappa shape index (κ2) is 9.67. The second-order valence-electron chi connectivity index (χ2n) is 5.26. The topological polar surface area (TPSA) is 85.9 Å². The number of para-hydroxylation sites is 2. The Balaban J connectivity index is 1.72. The van der Waals surface area contributed by atoms with Crippen molar-refractivity contribution in [1.82, 2.24) is 10.9 Å². The highest BCUT2D eigenvalue weighted by atomic mass is 79.9. The molecule has 0 unspecified atom stereocenters. The maximum Gasteiger partial charge on any atom is 0.276 e. The van der Waals surface area contributed by atoms with Gasteiger partial charge < -0.3 is 14.2 Å². The Morgan fingerprint density at radius 1 is 0.923 bits per heavy atom. The quantitative estimate of drug-likeness (QED) is 0.668. The van der Waals surface area contributed by atoms with Gasteiger partial charge in [0.25, 0.3) is 11.8 Å². The smallest absolute Gasteiger partial charge is 0.276 e. The number of aryl methyl sites for hydroxylation is 1. The van der Waals surface area contributed by atoms with Crippen LogP contribution in [0, 0.1) is 6.92 Å². The summed E-state index contributed by atoms with van der Waals surface area (Å²) < 4.78 is 16.6. The normalized spacial score (nSPS) is 9.96. The molecule has 2 aromatic carbocycles. The van der Waals surface area contributed by atoms with Gasteiger partial charge in [0, 0.05) is 0 Å². The van der Waals surface area contributed by atoms with Gasteiger partial charge >= 0.3 is 0 Å². The first-order valence-corrected chi connectivity index (χ1v) is 8.51. The molecular weight excluding hydrogens is 404 g/mol. The SMILES string of the molecule is COc1ccccc1OCC(=O)NNC(=O)COc1ccc(C)cc1Br. The Morgan fingerprint density at radius 2 is 1.50 bits per heavy atom. The van der Waals surface area contributed by atoms with Crippen LogP contribution in [0.3, 0.4) is 0 Å². The lowest BCUT2D eigenvalue weighted by Crippen LogP contribution is -2.45. The van der Waals surface area contributed by atoms with Crippen LogP contribution in [0.25, 0.3) is 0 Å². The predicted octanol–water partition coefficient (Wildman–Crippen LogP) is 2.37. The molecule has 0 saturated heterocycles. The summed E-state index contributed by atoms with van der Waals surface area (Å²) in [4.78, 5) is 23.5. The fraction of sp³-hybridized carbons (Fsp3) is 0.222. The molecule has 2 amide bonds. The number of hydrazine groups is 1. The fourth-order valence-electron chi connectivity index (χ4n) is 1.96. The lowest BCUT2D eigenvalue weighted by atomic mass is 10.2. The van der Waals surface area contributed by atoms with E-state index in [4.69, 9.17) is 14.2 Å². The maximum absolute atomic E-state index is 11.7. The summed E-state index contributed by atoms with van der Waals surface area (Å²) in [7, 11) is 1.51. The third-order valence-electron chi connectivity index (χ3n) is 3.22. The molecule has 0 radical (unpaired) electrons. The van der Waals surface area contributed by atoms with Crippen molar-refractivity contribution in [1.29, 1.82) is 0 Å². The highest BCUT2D eigenvalue weighted by molar-refractivity contribution is 9.10. The lowest BCUT2D eigenvalue weighted by molar-refractivity contribution is -0.131. The largest absolute Gasteiger partial charge is 0.493 e. The number of carbonyl (C=O) groups is 2. The van der Waals surface area contributed by atoms with E-state index in [9.17, 15) is 9.59 Å². The minimum atomic E-state index is -0.513. The highest BCUT2D eigenvalue weighted by Gasteiger charge is 2.09. The van der Waals surface area contributed by atoms with Crippen molar-refractivity contribution in [3.05, 3.63) is 52.5 Å². The fourth-order valence-corrected chi connectivity index (χ4v) is 2.57. The van der Waals surface area contributed by atoms with E-state index in [0.29, 0.717) is 17.2 Å². The van der Waals surface area contributed by atoms with Gasteiger partial charge in [0.05, 0.1) is 11.6 Å². The van der Waals surface area contributed by atoms with Crippen LogP contribution in [0.5, 0.6) is 17.2 Å². The molecule has 2 aromatic rings. The standard InChI is InChI=1S/C18H19BrN2O5/c1-12-7-8-14(13(19)9-12)25-10-17(22)20-21-18(23)11-26-16-6-4-3-5-15(16)24-2/h3-9H,10-11H2,1-2H3,(H,20,22)(H,21,23). The molecule has 0 aliphatic heterocycles. The minimum absolute atomic E-state index is 0.241. The molecule has 0 bridgehead atoms. The number of hydrogen-bond donors (Lipinski definition) is 2. The van der Waals surface area contributed by atoms with Crippen molar-refractivity contribution in [2.24, 2.45) is 0 Å². The van der Waals surface area contributed by atoms with Gasteiger partial charge in [0.15, 0.2) is 24.7 Å². The van der Waals surface area contributed by atoms with Crippen molar-refractivity contribution < 1.29 is 23.8 Å². The van der Waals surface area contributed by atoms with E-state index >= 15 is 0 Å². The van der Waals surface area contributed by atoms with E-state index in [0.717, 1.165) is 10.0 Å². The summed E-state index contributed by atoms with van der Waals surface area (Å²) in [6.45, 7) is 1.43. The Labute approximate surface area is 159 Å². The highest BCUT2D eigenvalue weighted by Crippen LogP contribution is 2.26. The van der Waals surface area contributed by atoms with Crippen molar-refractivity contribution >= 4 is 27.7 Å². The predicted molar refractivity (Wildman–Crippen MR) is 99.1 cm³/mol. The molecule has 0 aromatic heterocycles. The molecule has 138 valence electrons. The molecule has 0 fully saturated rings. The van der Waals surface area contributed by atoms with E-state index < -0.39 is 11.8 Å². The Morgan fingerprint density at radius 3 is 2.08 bits per heavy atom. The first-order chi connectivity index (χ1) is 12.5. The summed E-state index contributed by atoms with van der Waals surface area (Å²) in [5.41, 5.74) is 5.58. The van der Waals surface area contributed by atoms with Crippen LogP contribution in [-0.4, -0.2) is 32.1 Å². The molecular formula is C18H19BrN2O5. The lowest BCUT2D eigenvalue weighted by Gasteiger charge is -2.12. The third kappa shape index (κ3) is 5.96. The van der Waals surface area contributed by atoms with Crippen LogP contribution in [-0.2, 0) is 9.59 Å².